The Morgan fingerprint density at radius 3 is 2.59 bits per heavy atom. The molecule has 1 aliphatic heterocycles. The number of hydrogen-bond donors (Lipinski definition) is 4. The lowest BCUT2D eigenvalue weighted by Crippen LogP contribution is -2.02. The molecule has 0 spiro atoms. The summed E-state index contributed by atoms with van der Waals surface area (Å²) < 4.78 is 10.7. The van der Waals surface area contributed by atoms with E-state index in [1.165, 1.54) is 30.3 Å². The van der Waals surface area contributed by atoms with E-state index in [2.05, 4.69) is 0 Å². The normalized spacial score (nSPS) is 14.1. The third kappa shape index (κ3) is 3.79. The highest BCUT2D eigenvalue weighted by Crippen LogP contribution is 2.44. The standard InChI is InChI=1S/C19H16O8/c20-13-6-5-12-17(24)15(27-19(12)18(13)25)8-10-3-4-11(9-14(10)21)26-7-1-2-16(22)23/h3-6,8-9,20-21,25H,1-2,7H2,(H,22,23)/b15-8+. The van der Waals surface area contributed by atoms with Gasteiger partial charge in [-0.05, 0) is 36.8 Å². The van der Waals surface area contributed by atoms with E-state index in [1.54, 1.807) is 6.07 Å². The van der Waals surface area contributed by atoms with Crippen LogP contribution in [0.5, 0.6) is 28.7 Å². The molecule has 0 radical (unpaired) electrons. The molecule has 2 aromatic carbocycles. The van der Waals surface area contributed by atoms with Crippen molar-refractivity contribution in [3.63, 3.8) is 0 Å². The van der Waals surface area contributed by atoms with Gasteiger partial charge in [0.25, 0.3) is 0 Å². The Labute approximate surface area is 153 Å². The minimum atomic E-state index is -0.912. The first-order valence-electron chi connectivity index (χ1n) is 8.03. The van der Waals surface area contributed by atoms with Crippen LogP contribution in [0.3, 0.4) is 0 Å². The molecule has 0 saturated carbocycles. The van der Waals surface area contributed by atoms with Gasteiger partial charge >= 0.3 is 5.97 Å². The lowest BCUT2D eigenvalue weighted by molar-refractivity contribution is -0.137. The van der Waals surface area contributed by atoms with Crippen LogP contribution >= 0.6 is 0 Å². The van der Waals surface area contributed by atoms with Gasteiger partial charge < -0.3 is 29.9 Å². The van der Waals surface area contributed by atoms with Gasteiger partial charge in [0, 0.05) is 18.1 Å². The SMILES string of the molecule is O=C(O)CCCOc1ccc(/C=C2/Oc3c(ccc(O)c3O)C2=O)c(O)c1. The summed E-state index contributed by atoms with van der Waals surface area (Å²) in [5.74, 6) is -2.41. The van der Waals surface area contributed by atoms with Crippen LogP contribution in [0.25, 0.3) is 6.08 Å². The Kier molecular flexibility index (Phi) is 4.89. The minimum Gasteiger partial charge on any atom is -0.507 e. The van der Waals surface area contributed by atoms with Crippen LogP contribution in [0.1, 0.15) is 28.8 Å². The monoisotopic (exact) mass is 372 g/mol. The molecule has 140 valence electrons. The van der Waals surface area contributed by atoms with Gasteiger partial charge in [-0.1, -0.05) is 0 Å². The molecule has 0 atom stereocenters. The Hall–Kier alpha value is -3.68. The second-order valence-electron chi connectivity index (χ2n) is 5.82. The number of benzene rings is 2. The number of fused-ring (bicyclic) bond motifs is 1. The van der Waals surface area contributed by atoms with Crippen LogP contribution in [0.4, 0.5) is 0 Å². The quantitative estimate of drug-likeness (QED) is 0.345. The summed E-state index contributed by atoms with van der Waals surface area (Å²) in [6.07, 6.45) is 1.62. The maximum Gasteiger partial charge on any atom is 0.303 e. The summed E-state index contributed by atoms with van der Waals surface area (Å²) in [5, 5.41) is 38.0. The number of phenols is 3. The Morgan fingerprint density at radius 1 is 1.11 bits per heavy atom. The molecule has 8 heteroatoms. The average Bonchev–Trinajstić information content (AvgIpc) is 2.94. The fraction of sp³-hybridized carbons (Fsp3) is 0.158. The number of carboxylic acid groups (broad SMARTS) is 1. The predicted octanol–water partition coefficient (Wildman–Crippen LogP) is 2.66. The highest BCUT2D eigenvalue weighted by molar-refractivity contribution is 6.15. The molecule has 0 fully saturated rings. The number of carbonyl (C=O) groups excluding carboxylic acids is 1. The van der Waals surface area contributed by atoms with Crippen molar-refractivity contribution in [3.8, 4) is 28.7 Å². The molecular weight excluding hydrogens is 356 g/mol. The van der Waals surface area contributed by atoms with Crippen molar-refractivity contribution in [2.45, 2.75) is 12.8 Å². The van der Waals surface area contributed by atoms with Gasteiger partial charge in [0.05, 0.1) is 12.2 Å². The number of aliphatic carboxylic acids is 1. The van der Waals surface area contributed by atoms with Crippen molar-refractivity contribution in [2.24, 2.45) is 0 Å². The largest absolute Gasteiger partial charge is 0.507 e. The zero-order chi connectivity index (χ0) is 19.6. The highest BCUT2D eigenvalue weighted by atomic mass is 16.5. The zero-order valence-electron chi connectivity index (χ0n) is 14.0. The van der Waals surface area contributed by atoms with Crippen molar-refractivity contribution in [1.29, 1.82) is 0 Å². The molecule has 0 aromatic heterocycles. The van der Waals surface area contributed by atoms with Crippen LogP contribution in [0.15, 0.2) is 36.1 Å². The summed E-state index contributed by atoms with van der Waals surface area (Å²) in [7, 11) is 0. The van der Waals surface area contributed by atoms with E-state index in [0.717, 1.165) is 0 Å². The molecule has 2 aromatic rings. The molecule has 0 amide bonds. The predicted molar refractivity (Wildman–Crippen MR) is 93.2 cm³/mol. The van der Waals surface area contributed by atoms with E-state index < -0.39 is 23.3 Å². The molecular formula is C19H16O8. The molecule has 8 nitrogen and oxygen atoms in total. The first-order valence-corrected chi connectivity index (χ1v) is 8.03. The lowest BCUT2D eigenvalue weighted by Gasteiger charge is -2.07. The van der Waals surface area contributed by atoms with Crippen LogP contribution in [0, 0.1) is 0 Å². The van der Waals surface area contributed by atoms with Gasteiger partial charge in [-0.25, -0.2) is 0 Å². The number of carboxylic acids is 1. The van der Waals surface area contributed by atoms with E-state index in [4.69, 9.17) is 14.6 Å². The van der Waals surface area contributed by atoms with Crippen LogP contribution in [-0.4, -0.2) is 38.8 Å². The number of hydrogen-bond acceptors (Lipinski definition) is 7. The average molecular weight is 372 g/mol. The summed E-state index contributed by atoms with van der Waals surface area (Å²) >= 11 is 0. The van der Waals surface area contributed by atoms with E-state index in [-0.39, 0.29) is 41.4 Å². The Morgan fingerprint density at radius 2 is 1.89 bits per heavy atom. The van der Waals surface area contributed by atoms with Crippen LogP contribution < -0.4 is 9.47 Å². The Balaban J connectivity index is 1.75. The number of allylic oxidation sites excluding steroid dienone is 1. The third-order valence-electron chi connectivity index (χ3n) is 3.88. The first kappa shape index (κ1) is 18.1. The van der Waals surface area contributed by atoms with E-state index in [1.807, 2.05) is 0 Å². The zero-order valence-corrected chi connectivity index (χ0v) is 14.0. The summed E-state index contributed by atoms with van der Waals surface area (Å²) in [4.78, 5) is 22.8. The highest BCUT2D eigenvalue weighted by Gasteiger charge is 2.31. The number of rotatable bonds is 6. The second kappa shape index (κ2) is 7.28. The number of aromatic hydroxyl groups is 3. The smallest absolute Gasteiger partial charge is 0.303 e. The molecule has 1 aliphatic rings. The van der Waals surface area contributed by atoms with Gasteiger partial charge in [-0.2, -0.15) is 0 Å². The summed E-state index contributed by atoms with van der Waals surface area (Å²) in [5.41, 5.74) is 0.391. The molecule has 3 rings (SSSR count). The second-order valence-corrected chi connectivity index (χ2v) is 5.82. The number of ketones is 1. The van der Waals surface area contributed by atoms with E-state index in [0.29, 0.717) is 12.2 Å². The summed E-state index contributed by atoms with van der Waals surface area (Å²) in [6, 6.07) is 6.92. The van der Waals surface area contributed by atoms with E-state index in [9.17, 15) is 24.9 Å². The molecule has 27 heavy (non-hydrogen) atoms. The minimum absolute atomic E-state index is 0.0153. The van der Waals surface area contributed by atoms with Crippen molar-refractivity contribution in [2.75, 3.05) is 6.61 Å². The fourth-order valence-electron chi connectivity index (χ4n) is 2.52. The van der Waals surface area contributed by atoms with Gasteiger partial charge in [0.1, 0.15) is 11.5 Å². The van der Waals surface area contributed by atoms with Crippen LogP contribution in [-0.2, 0) is 4.79 Å². The van der Waals surface area contributed by atoms with Crippen molar-refractivity contribution < 1.29 is 39.5 Å². The third-order valence-corrected chi connectivity index (χ3v) is 3.88. The number of carbonyl (C=O) groups is 2. The van der Waals surface area contributed by atoms with Gasteiger partial charge in [-0.15, -0.1) is 0 Å². The maximum atomic E-state index is 12.3. The molecule has 0 bridgehead atoms. The molecule has 0 aliphatic carbocycles. The number of phenolic OH excluding ortho intramolecular Hbond substituents is 3. The van der Waals surface area contributed by atoms with Crippen molar-refractivity contribution in [1.82, 2.24) is 0 Å². The first-order chi connectivity index (χ1) is 12.9. The van der Waals surface area contributed by atoms with Gasteiger partial charge in [-0.3, -0.25) is 9.59 Å². The topological polar surface area (TPSA) is 134 Å². The maximum absolute atomic E-state index is 12.3. The molecule has 4 N–H and O–H groups in total. The summed E-state index contributed by atoms with van der Waals surface area (Å²) in [6.45, 7) is 0.186. The van der Waals surface area contributed by atoms with Gasteiger partial charge in [0.2, 0.25) is 11.5 Å². The van der Waals surface area contributed by atoms with Gasteiger partial charge in [0.15, 0.2) is 17.3 Å². The molecule has 0 unspecified atom stereocenters. The Bertz CT molecular complexity index is 945. The molecule has 1 heterocycles. The lowest BCUT2D eigenvalue weighted by atomic mass is 10.1. The molecule has 0 saturated heterocycles. The van der Waals surface area contributed by atoms with E-state index >= 15 is 0 Å². The fourth-order valence-corrected chi connectivity index (χ4v) is 2.52. The van der Waals surface area contributed by atoms with Crippen molar-refractivity contribution >= 4 is 17.8 Å². The number of Topliss-reactive ketones (excluding diaryl/α,β-unsaturated/α-hetero) is 1. The van der Waals surface area contributed by atoms with Crippen molar-refractivity contribution in [3.05, 3.63) is 47.2 Å². The number of ether oxygens (including phenoxy) is 2. The van der Waals surface area contributed by atoms with Crippen LogP contribution in [0.2, 0.25) is 0 Å².